The third-order valence-electron chi connectivity index (χ3n) is 2.23. The Balaban J connectivity index is 2.50. The molecule has 0 aliphatic rings. The summed E-state index contributed by atoms with van der Waals surface area (Å²) in [5.74, 6) is 0.152. The fraction of sp³-hybridized carbons (Fsp3) is 0.182. The van der Waals surface area contributed by atoms with Crippen molar-refractivity contribution >= 4 is 0 Å². The molecule has 0 amide bonds. The van der Waals surface area contributed by atoms with E-state index >= 15 is 0 Å². The zero-order valence-corrected chi connectivity index (χ0v) is 8.85. The first-order chi connectivity index (χ1) is 7.74. The van der Waals surface area contributed by atoms with Gasteiger partial charge >= 0.3 is 0 Å². The highest BCUT2D eigenvalue weighted by molar-refractivity contribution is 5.35. The van der Waals surface area contributed by atoms with Crippen molar-refractivity contribution in [2.75, 3.05) is 7.11 Å². The first kappa shape index (κ1) is 10.6. The third-order valence-corrected chi connectivity index (χ3v) is 2.23. The molecule has 5 heteroatoms. The van der Waals surface area contributed by atoms with Gasteiger partial charge in [-0.25, -0.2) is 9.07 Å². The van der Waals surface area contributed by atoms with Crippen molar-refractivity contribution in [3.05, 3.63) is 41.8 Å². The van der Waals surface area contributed by atoms with E-state index in [1.165, 1.54) is 19.2 Å². The Labute approximate surface area is 92.4 Å². The monoisotopic (exact) mass is 221 g/mol. The minimum atomic E-state index is -0.310. The zero-order valence-electron chi connectivity index (χ0n) is 8.85. The summed E-state index contributed by atoms with van der Waals surface area (Å²) in [4.78, 5) is 0. The van der Waals surface area contributed by atoms with Gasteiger partial charge in [0.1, 0.15) is 5.82 Å². The summed E-state index contributed by atoms with van der Waals surface area (Å²) < 4.78 is 19.7. The molecule has 0 atom stereocenters. The summed E-state index contributed by atoms with van der Waals surface area (Å²) in [6, 6.07) is 7.89. The molecular formula is C11H12FN3O. The lowest BCUT2D eigenvalue weighted by atomic mass is 10.3. The largest absolute Gasteiger partial charge is 0.480 e. The highest BCUT2D eigenvalue weighted by atomic mass is 19.1. The number of ether oxygens (including phenoxy) is 1. The second-order valence-corrected chi connectivity index (χ2v) is 3.27. The van der Waals surface area contributed by atoms with Crippen molar-refractivity contribution in [2.24, 2.45) is 5.73 Å². The molecule has 1 heterocycles. The molecule has 0 unspecified atom stereocenters. The van der Waals surface area contributed by atoms with Crippen LogP contribution in [0, 0.1) is 5.82 Å². The summed E-state index contributed by atoms with van der Waals surface area (Å²) >= 11 is 0. The molecule has 1 aromatic carbocycles. The van der Waals surface area contributed by atoms with E-state index in [1.807, 2.05) is 0 Å². The van der Waals surface area contributed by atoms with Gasteiger partial charge in [-0.1, -0.05) is 6.07 Å². The van der Waals surface area contributed by atoms with E-state index in [4.69, 9.17) is 10.5 Å². The molecule has 0 aliphatic carbocycles. The highest BCUT2D eigenvalue weighted by Gasteiger charge is 2.08. The number of nitrogens with zero attached hydrogens (tertiary/aromatic N) is 2. The molecule has 2 rings (SSSR count). The normalized spacial score (nSPS) is 10.4. The topological polar surface area (TPSA) is 53.1 Å². The fourth-order valence-corrected chi connectivity index (χ4v) is 1.47. The molecule has 0 saturated carbocycles. The standard InChI is InChI=1S/C11H12FN3O/c1-16-11-6-10(7-13)15(14-11)9-4-2-3-8(12)5-9/h2-6H,7,13H2,1H3. The Morgan fingerprint density at radius 1 is 1.44 bits per heavy atom. The van der Waals surface area contributed by atoms with Crippen molar-refractivity contribution in [3.63, 3.8) is 0 Å². The van der Waals surface area contributed by atoms with Crippen LogP contribution >= 0.6 is 0 Å². The second-order valence-electron chi connectivity index (χ2n) is 3.27. The summed E-state index contributed by atoms with van der Waals surface area (Å²) in [6.45, 7) is 0.312. The van der Waals surface area contributed by atoms with Crippen molar-refractivity contribution in [2.45, 2.75) is 6.54 Å². The van der Waals surface area contributed by atoms with E-state index in [2.05, 4.69) is 5.10 Å². The molecule has 84 valence electrons. The van der Waals surface area contributed by atoms with Crippen LogP contribution in [0.1, 0.15) is 5.69 Å². The predicted molar refractivity (Wildman–Crippen MR) is 58.0 cm³/mol. The van der Waals surface area contributed by atoms with Gasteiger partial charge in [0.05, 0.1) is 18.5 Å². The van der Waals surface area contributed by atoms with Crippen LogP contribution in [0.5, 0.6) is 5.88 Å². The highest BCUT2D eigenvalue weighted by Crippen LogP contribution is 2.17. The lowest BCUT2D eigenvalue weighted by Crippen LogP contribution is -2.06. The number of benzene rings is 1. The van der Waals surface area contributed by atoms with Crippen molar-refractivity contribution in [1.82, 2.24) is 9.78 Å². The Bertz CT molecular complexity index is 496. The molecule has 2 N–H and O–H groups in total. The van der Waals surface area contributed by atoms with E-state index in [0.717, 1.165) is 5.69 Å². The van der Waals surface area contributed by atoms with Gasteiger partial charge in [-0.15, -0.1) is 5.10 Å². The van der Waals surface area contributed by atoms with Crippen LogP contribution < -0.4 is 10.5 Å². The first-order valence-electron chi connectivity index (χ1n) is 4.83. The van der Waals surface area contributed by atoms with Gasteiger partial charge in [0, 0.05) is 12.6 Å². The lowest BCUT2D eigenvalue weighted by Gasteiger charge is -2.04. The molecular weight excluding hydrogens is 209 g/mol. The summed E-state index contributed by atoms with van der Waals surface area (Å²) in [6.07, 6.45) is 0. The maximum absolute atomic E-state index is 13.1. The third kappa shape index (κ3) is 1.90. The molecule has 0 fully saturated rings. The SMILES string of the molecule is COc1cc(CN)n(-c2cccc(F)c2)n1. The maximum atomic E-state index is 13.1. The Kier molecular flexibility index (Phi) is 2.87. The van der Waals surface area contributed by atoms with Crippen LogP contribution in [-0.4, -0.2) is 16.9 Å². The molecule has 0 bridgehead atoms. The lowest BCUT2D eigenvalue weighted by molar-refractivity contribution is 0.394. The van der Waals surface area contributed by atoms with Gasteiger partial charge in [-0.3, -0.25) is 0 Å². The number of nitrogens with two attached hydrogens (primary N) is 1. The van der Waals surface area contributed by atoms with E-state index < -0.39 is 0 Å². The minimum absolute atomic E-state index is 0.310. The van der Waals surface area contributed by atoms with Gasteiger partial charge in [-0.2, -0.15) is 0 Å². The van der Waals surface area contributed by atoms with Gasteiger partial charge in [0.2, 0.25) is 5.88 Å². The van der Waals surface area contributed by atoms with E-state index in [-0.39, 0.29) is 5.82 Å². The second kappa shape index (κ2) is 4.32. The van der Waals surface area contributed by atoms with Crippen molar-refractivity contribution < 1.29 is 9.13 Å². The Morgan fingerprint density at radius 3 is 2.88 bits per heavy atom. The van der Waals surface area contributed by atoms with E-state index in [9.17, 15) is 4.39 Å². The van der Waals surface area contributed by atoms with Crippen LogP contribution in [0.25, 0.3) is 5.69 Å². The maximum Gasteiger partial charge on any atom is 0.233 e. The average Bonchev–Trinajstić information content (AvgIpc) is 2.72. The van der Waals surface area contributed by atoms with Gasteiger partial charge in [0.15, 0.2) is 0 Å². The van der Waals surface area contributed by atoms with Crippen LogP contribution in [0.3, 0.4) is 0 Å². The zero-order chi connectivity index (χ0) is 11.5. The number of rotatable bonds is 3. The summed E-state index contributed by atoms with van der Waals surface area (Å²) in [5.41, 5.74) is 6.98. The minimum Gasteiger partial charge on any atom is -0.480 e. The van der Waals surface area contributed by atoms with Crippen molar-refractivity contribution in [3.8, 4) is 11.6 Å². The van der Waals surface area contributed by atoms with E-state index in [0.29, 0.717) is 18.1 Å². The van der Waals surface area contributed by atoms with E-state index in [1.54, 1.807) is 22.9 Å². The smallest absolute Gasteiger partial charge is 0.233 e. The summed E-state index contributed by atoms with van der Waals surface area (Å²) in [7, 11) is 1.53. The molecule has 0 aliphatic heterocycles. The van der Waals surface area contributed by atoms with Gasteiger partial charge < -0.3 is 10.5 Å². The fourth-order valence-electron chi connectivity index (χ4n) is 1.47. The number of halogens is 1. The molecule has 2 aromatic rings. The molecule has 4 nitrogen and oxygen atoms in total. The van der Waals surface area contributed by atoms with Crippen LogP contribution in [-0.2, 0) is 6.54 Å². The number of hydrogen-bond acceptors (Lipinski definition) is 3. The molecule has 0 saturated heterocycles. The van der Waals surface area contributed by atoms with Gasteiger partial charge in [0.25, 0.3) is 0 Å². The van der Waals surface area contributed by atoms with Crippen LogP contribution in [0.4, 0.5) is 4.39 Å². The van der Waals surface area contributed by atoms with Crippen LogP contribution in [0.2, 0.25) is 0 Å². The number of aromatic nitrogens is 2. The predicted octanol–water partition coefficient (Wildman–Crippen LogP) is 1.48. The van der Waals surface area contributed by atoms with Crippen molar-refractivity contribution in [1.29, 1.82) is 0 Å². The molecule has 0 radical (unpaired) electrons. The Morgan fingerprint density at radius 2 is 2.25 bits per heavy atom. The average molecular weight is 221 g/mol. The molecule has 1 aromatic heterocycles. The van der Waals surface area contributed by atoms with Gasteiger partial charge in [-0.05, 0) is 18.2 Å². The quantitative estimate of drug-likeness (QED) is 0.854. The molecule has 0 spiro atoms. The first-order valence-corrected chi connectivity index (χ1v) is 4.83. The number of hydrogen-bond donors (Lipinski definition) is 1. The summed E-state index contributed by atoms with van der Waals surface area (Å²) in [5, 5.41) is 4.16. The molecule has 16 heavy (non-hydrogen) atoms. The van der Waals surface area contributed by atoms with Crippen LogP contribution in [0.15, 0.2) is 30.3 Å². The number of methoxy groups -OCH3 is 1. The Hall–Kier alpha value is -1.88.